The van der Waals surface area contributed by atoms with E-state index < -0.39 is 36.9 Å². The summed E-state index contributed by atoms with van der Waals surface area (Å²) in [5.74, 6) is -0.0458. The van der Waals surface area contributed by atoms with Crippen molar-refractivity contribution < 1.29 is 31.9 Å². The van der Waals surface area contributed by atoms with Gasteiger partial charge in [-0.05, 0) is 48.5 Å². The molecule has 3 amide bonds. The first-order chi connectivity index (χ1) is 16.8. The van der Waals surface area contributed by atoms with Gasteiger partial charge in [0.25, 0.3) is 5.91 Å². The van der Waals surface area contributed by atoms with Gasteiger partial charge in [-0.25, -0.2) is 19.1 Å². The summed E-state index contributed by atoms with van der Waals surface area (Å²) in [5.41, 5.74) is -0.261. The minimum Gasteiger partial charge on any atom is -0.456 e. The van der Waals surface area contributed by atoms with Crippen molar-refractivity contribution in [3.8, 4) is 11.5 Å². The number of nitrogens with one attached hydrogen (secondary N) is 1. The van der Waals surface area contributed by atoms with E-state index in [1.54, 1.807) is 18.3 Å². The second-order valence-electron chi connectivity index (χ2n) is 7.72. The van der Waals surface area contributed by atoms with Crippen LogP contribution in [-0.4, -0.2) is 28.5 Å². The van der Waals surface area contributed by atoms with Crippen LogP contribution in [0, 0.1) is 0 Å². The largest absolute Gasteiger partial charge is 0.456 e. The van der Waals surface area contributed by atoms with Gasteiger partial charge >= 0.3 is 12.2 Å². The molecule has 5 rings (SSSR count). The summed E-state index contributed by atoms with van der Waals surface area (Å²) in [6.07, 6.45) is -1.39. The van der Waals surface area contributed by atoms with Crippen molar-refractivity contribution in [1.29, 1.82) is 0 Å². The highest BCUT2D eigenvalue weighted by Crippen LogP contribution is 2.36. The summed E-state index contributed by atoms with van der Waals surface area (Å²) >= 11 is 0. The maximum Gasteiger partial charge on any atom is 0.416 e. The summed E-state index contributed by atoms with van der Waals surface area (Å²) in [7, 11) is 0. The molecule has 11 heteroatoms. The molecular formula is C24H16F4N4O3. The first-order valence-corrected chi connectivity index (χ1v) is 10.4. The van der Waals surface area contributed by atoms with Crippen LogP contribution >= 0.6 is 0 Å². The molecule has 1 fully saturated rings. The highest BCUT2D eigenvalue weighted by Gasteiger charge is 2.39. The third kappa shape index (κ3) is 4.05. The van der Waals surface area contributed by atoms with Crippen molar-refractivity contribution in [2.24, 2.45) is 0 Å². The molecule has 0 saturated carbocycles. The molecule has 1 N–H and O–H groups in total. The first kappa shape index (κ1) is 22.4. The zero-order valence-electron chi connectivity index (χ0n) is 17.8. The summed E-state index contributed by atoms with van der Waals surface area (Å²) < 4.78 is 59.0. The molecule has 1 aliphatic rings. The van der Waals surface area contributed by atoms with Crippen molar-refractivity contribution in [2.45, 2.75) is 12.9 Å². The minimum atomic E-state index is -4.60. The van der Waals surface area contributed by atoms with Crippen LogP contribution in [0.25, 0.3) is 11.0 Å². The van der Waals surface area contributed by atoms with Gasteiger partial charge in [-0.3, -0.25) is 9.69 Å². The Bertz CT molecular complexity index is 1450. The summed E-state index contributed by atoms with van der Waals surface area (Å²) in [6, 6.07) is 10.8. The third-order valence-corrected chi connectivity index (χ3v) is 5.54. The molecule has 4 aromatic rings. The number of benzene rings is 2. The molecule has 2 aromatic carbocycles. The number of imide groups is 1. The number of hydrogen-bond acceptors (Lipinski definition) is 4. The lowest BCUT2D eigenvalue weighted by atomic mass is 10.1. The zero-order valence-corrected chi connectivity index (χ0v) is 17.8. The van der Waals surface area contributed by atoms with E-state index in [-0.39, 0.29) is 22.7 Å². The van der Waals surface area contributed by atoms with E-state index in [1.165, 1.54) is 30.5 Å². The molecule has 1 saturated heterocycles. The average Bonchev–Trinajstić information content (AvgIpc) is 3.43. The Morgan fingerprint density at radius 2 is 1.83 bits per heavy atom. The van der Waals surface area contributed by atoms with E-state index in [0.29, 0.717) is 16.8 Å². The number of aromatic amines is 1. The number of alkyl halides is 4. The topological polar surface area (TPSA) is 78.5 Å². The fraction of sp³-hybridized carbons (Fsp3) is 0.125. The SMILES string of the molecule is O=C1CN(c2cccc(C(F)(F)F)c2)C(=O)N1c1ccc(Oc2ccnc3[nH]ccc23)c(CF)c1. The van der Waals surface area contributed by atoms with Crippen LogP contribution in [0.4, 0.5) is 33.7 Å². The fourth-order valence-corrected chi connectivity index (χ4v) is 3.86. The molecule has 0 bridgehead atoms. The lowest BCUT2D eigenvalue weighted by Gasteiger charge is -2.19. The molecule has 0 radical (unpaired) electrons. The molecule has 3 heterocycles. The standard InChI is InChI=1S/C24H16F4N4O3/c25-12-14-10-17(4-5-19(14)35-20-7-9-30-22-18(20)6-8-29-22)32-21(33)13-31(23(32)34)16-3-1-2-15(11-16)24(26,27)28/h1-11H,12-13H2,(H,29,30). The van der Waals surface area contributed by atoms with Gasteiger partial charge in [0.15, 0.2) is 0 Å². The van der Waals surface area contributed by atoms with Gasteiger partial charge in [0.2, 0.25) is 0 Å². The lowest BCUT2D eigenvalue weighted by molar-refractivity contribution is -0.137. The van der Waals surface area contributed by atoms with E-state index in [4.69, 9.17) is 4.74 Å². The molecule has 35 heavy (non-hydrogen) atoms. The number of halogens is 4. The normalized spacial score (nSPS) is 14.3. The number of rotatable bonds is 5. The fourth-order valence-electron chi connectivity index (χ4n) is 3.86. The highest BCUT2D eigenvalue weighted by atomic mass is 19.4. The van der Waals surface area contributed by atoms with Gasteiger partial charge in [-0.1, -0.05) is 6.07 Å². The van der Waals surface area contributed by atoms with E-state index in [2.05, 4.69) is 9.97 Å². The number of anilines is 2. The molecule has 0 aliphatic carbocycles. The lowest BCUT2D eigenvalue weighted by Crippen LogP contribution is -2.33. The van der Waals surface area contributed by atoms with Crippen molar-refractivity contribution in [1.82, 2.24) is 9.97 Å². The van der Waals surface area contributed by atoms with Crippen LogP contribution in [-0.2, 0) is 17.6 Å². The zero-order chi connectivity index (χ0) is 24.7. The van der Waals surface area contributed by atoms with Gasteiger partial charge in [-0.2, -0.15) is 13.2 Å². The Balaban J connectivity index is 1.44. The third-order valence-electron chi connectivity index (χ3n) is 5.54. The number of urea groups is 1. The van der Waals surface area contributed by atoms with Crippen LogP contribution in [0.15, 0.2) is 67.0 Å². The van der Waals surface area contributed by atoms with Crippen LogP contribution < -0.4 is 14.5 Å². The monoisotopic (exact) mass is 484 g/mol. The molecular weight excluding hydrogens is 468 g/mol. The van der Waals surface area contributed by atoms with Crippen LogP contribution in [0.5, 0.6) is 11.5 Å². The van der Waals surface area contributed by atoms with Gasteiger partial charge in [0.05, 0.1) is 16.6 Å². The number of carbonyl (C=O) groups is 2. The van der Waals surface area contributed by atoms with E-state index in [0.717, 1.165) is 28.0 Å². The highest BCUT2D eigenvalue weighted by molar-refractivity contribution is 6.27. The summed E-state index contributed by atoms with van der Waals surface area (Å²) in [4.78, 5) is 34.5. The van der Waals surface area contributed by atoms with E-state index >= 15 is 0 Å². The van der Waals surface area contributed by atoms with Crippen molar-refractivity contribution >= 4 is 34.3 Å². The number of H-pyrrole nitrogens is 1. The van der Waals surface area contributed by atoms with Crippen LogP contribution in [0.2, 0.25) is 0 Å². The number of hydrogen-bond donors (Lipinski definition) is 1. The quantitative estimate of drug-likeness (QED) is 0.286. The predicted molar refractivity (Wildman–Crippen MR) is 119 cm³/mol. The second-order valence-corrected chi connectivity index (χ2v) is 7.72. The number of fused-ring (bicyclic) bond motifs is 1. The maximum atomic E-state index is 13.9. The van der Waals surface area contributed by atoms with Gasteiger partial charge in [-0.15, -0.1) is 0 Å². The number of carbonyl (C=O) groups excluding carboxylic acids is 2. The van der Waals surface area contributed by atoms with Gasteiger partial charge in [0, 0.05) is 23.6 Å². The number of aromatic nitrogens is 2. The van der Waals surface area contributed by atoms with Crippen LogP contribution in [0.3, 0.4) is 0 Å². The maximum absolute atomic E-state index is 13.9. The predicted octanol–water partition coefficient (Wildman–Crippen LogP) is 5.82. The molecule has 7 nitrogen and oxygen atoms in total. The number of nitrogens with zero attached hydrogens (tertiary/aromatic N) is 3. The van der Waals surface area contributed by atoms with E-state index in [9.17, 15) is 27.2 Å². The van der Waals surface area contributed by atoms with Crippen molar-refractivity contribution in [3.05, 3.63) is 78.1 Å². The Labute approximate surface area is 195 Å². The number of amides is 3. The molecule has 0 unspecified atom stereocenters. The summed E-state index contributed by atoms with van der Waals surface area (Å²) in [5, 5.41) is 0.683. The number of pyridine rings is 1. The van der Waals surface area contributed by atoms with Gasteiger partial charge < -0.3 is 9.72 Å². The second kappa shape index (κ2) is 8.42. The first-order valence-electron chi connectivity index (χ1n) is 10.4. The smallest absolute Gasteiger partial charge is 0.416 e. The Morgan fingerprint density at radius 3 is 2.60 bits per heavy atom. The van der Waals surface area contributed by atoms with Crippen molar-refractivity contribution in [2.75, 3.05) is 16.3 Å². The molecule has 0 spiro atoms. The summed E-state index contributed by atoms with van der Waals surface area (Å²) in [6.45, 7) is -1.40. The van der Waals surface area contributed by atoms with Gasteiger partial charge in [0.1, 0.15) is 30.4 Å². The minimum absolute atomic E-state index is 0.0699. The number of ether oxygens (including phenoxy) is 1. The molecule has 2 aromatic heterocycles. The Morgan fingerprint density at radius 1 is 1.00 bits per heavy atom. The van der Waals surface area contributed by atoms with Crippen molar-refractivity contribution in [3.63, 3.8) is 0 Å². The molecule has 1 aliphatic heterocycles. The van der Waals surface area contributed by atoms with E-state index in [1.807, 2.05) is 0 Å². The molecule has 0 atom stereocenters. The Hall–Kier alpha value is -4.41. The van der Waals surface area contributed by atoms with Crippen LogP contribution in [0.1, 0.15) is 11.1 Å². The average molecular weight is 484 g/mol. The molecule has 178 valence electrons. The Kier molecular flexibility index (Phi) is 5.39.